The number of aryl methyl sites for hydroxylation is 1. The number of benzene rings is 1. The Hall–Kier alpha value is -2.25. The van der Waals surface area contributed by atoms with Crippen molar-refractivity contribution in [2.24, 2.45) is 5.73 Å². The van der Waals surface area contributed by atoms with E-state index in [2.05, 4.69) is 9.88 Å². The highest BCUT2D eigenvalue weighted by Gasteiger charge is 2.24. The average Bonchev–Trinajstić information content (AvgIpc) is 3.28. The summed E-state index contributed by atoms with van der Waals surface area (Å²) >= 11 is 0. The summed E-state index contributed by atoms with van der Waals surface area (Å²) in [6.45, 7) is 4.79. The summed E-state index contributed by atoms with van der Waals surface area (Å²) in [6, 6.07) is 3.98. The number of fused-ring (bicyclic) bond motifs is 1. The van der Waals surface area contributed by atoms with E-state index in [1.807, 2.05) is 19.1 Å². The molecule has 0 unspecified atom stereocenters. The van der Waals surface area contributed by atoms with E-state index >= 15 is 0 Å². The predicted octanol–water partition coefficient (Wildman–Crippen LogP) is 1.92. The summed E-state index contributed by atoms with van der Waals surface area (Å²) in [5, 5.41) is 0. The fourth-order valence-corrected chi connectivity index (χ4v) is 3.17. The van der Waals surface area contributed by atoms with Crippen molar-refractivity contribution in [3.8, 4) is 28.7 Å². The molecule has 0 radical (unpaired) electrons. The third-order valence-electron chi connectivity index (χ3n) is 4.48. The van der Waals surface area contributed by atoms with Gasteiger partial charge in [-0.25, -0.2) is 4.98 Å². The van der Waals surface area contributed by atoms with Gasteiger partial charge in [-0.1, -0.05) is 0 Å². The third kappa shape index (κ3) is 2.70. The highest BCUT2D eigenvalue weighted by molar-refractivity contribution is 5.66. The Morgan fingerprint density at radius 3 is 3.00 bits per heavy atom. The number of likely N-dealkylation sites (tertiary alicyclic amines) is 1. The van der Waals surface area contributed by atoms with E-state index in [1.165, 1.54) is 0 Å². The monoisotopic (exact) mass is 331 g/mol. The predicted molar refractivity (Wildman–Crippen MR) is 87.2 cm³/mol. The number of nitrogens with two attached hydrogens (primary N) is 1. The normalized spacial score (nSPS) is 19.9. The summed E-state index contributed by atoms with van der Waals surface area (Å²) in [6.07, 6.45) is 1.03. The Morgan fingerprint density at radius 1 is 1.38 bits per heavy atom. The lowest BCUT2D eigenvalue weighted by Crippen LogP contribution is -2.26. The Kier molecular flexibility index (Phi) is 3.82. The molecule has 2 N–H and O–H groups in total. The summed E-state index contributed by atoms with van der Waals surface area (Å²) in [5.41, 5.74) is 7.72. The average molecular weight is 331 g/mol. The van der Waals surface area contributed by atoms with Crippen LogP contribution >= 0.6 is 0 Å². The van der Waals surface area contributed by atoms with Crippen LogP contribution in [0, 0.1) is 6.92 Å². The zero-order valence-corrected chi connectivity index (χ0v) is 13.9. The van der Waals surface area contributed by atoms with Gasteiger partial charge in [0.15, 0.2) is 11.5 Å². The Labute approximate surface area is 140 Å². The van der Waals surface area contributed by atoms with Crippen molar-refractivity contribution in [1.29, 1.82) is 0 Å². The van der Waals surface area contributed by atoms with Gasteiger partial charge < -0.3 is 24.4 Å². The van der Waals surface area contributed by atoms with E-state index in [0.29, 0.717) is 23.1 Å². The first-order chi connectivity index (χ1) is 11.6. The molecule has 1 aromatic carbocycles. The van der Waals surface area contributed by atoms with Crippen LogP contribution in [0.1, 0.15) is 17.9 Å². The van der Waals surface area contributed by atoms with E-state index in [1.54, 1.807) is 7.11 Å². The van der Waals surface area contributed by atoms with Crippen LogP contribution in [-0.2, 0) is 6.54 Å². The molecule has 0 bridgehead atoms. The molecule has 2 aliphatic heterocycles. The largest absolute Gasteiger partial charge is 0.493 e. The maximum absolute atomic E-state index is 5.97. The second kappa shape index (κ2) is 5.99. The minimum Gasteiger partial charge on any atom is -0.493 e. The van der Waals surface area contributed by atoms with Crippen LogP contribution in [0.5, 0.6) is 17.2 Å². The lowest BCUT2D eigenvalue weighted by molar-refractivity contribution is 0.171. The van der Waals surface area contributed by atoms with E-state index in [4.69, 9.17) is 24.4 Å². The molecule has 0 aliphatic carbocycles. The number of oxazole rings is 1. The summed E-state index contributed by atoms with van der Waals surface area (Å²) in [5.74, 6) is 3.26. The highest BCUT2D eigenvalue weighted by Crippen LogP contribution is 2.44. The topological polar surface area (TPSA) is 83.0 Å². The fraction of sp³-hybridized carbons (Fsp3) is 0.471. The van der Waals surface area contributed by atoms with Crippen molar-refractivity contribution in [3.05, 3.63) is 23.6 Å². The van der Waals surface area contributed by atoms with Gasteiger partial charge in [0, 0.05) is 31.2 Å². The summed E-state index contributed by atoms with van der Waals surface area (Å²) < 4.78 is 22.1. The quantitative estimate of drug-likeness (QED) is 0.916. The molecule has 1 saturated heterocycles. The standard InChI is InChI=1S/C17H21N3O4/c1-10-13(8-20-4-3-12(18)7-20)19-17(24-10)11-5-14(21-2)16-15(6-11)22-9-23-16/h5-6,12H,3-4,7-9,18H2,1-2H3/t12-/m1/s1. The van der Waals surface area contributed by atoms with Crippen molar-refractivity contribution >= 4 is 0 Å². The molecular formula is C17H21N3O4. The second-order valence-corrected chi connectivity index (χ2v) is 6.22. The molecule has 0 spiro atoms. The van der Waals surface area contributed by atoms with Crippen LogP contribution in [0.3, 0.4) is 0 Å². The van der Waals surface area contributed by atoms with Crippen LogP contribution in [0.25, 0.3) is 11.5 Å². The molecule has 4 rings (SSSR count). The van der Waals surface area contributed by atoms with Crippen LogP contribution in [0.4, 0.5) is 0 Å². The Morgan fingerprint density at radius 2 is 2.25 bits per heavy atom. The molecule has 0 saturated carbocycles. The van der Waals surface area contributed by atoms with E-state index < -0.39 is 0 Å². The minimum atomic E-state index is 0.195. The number of hydrogen-bond donors (Lipinski definition) is 1. The number of hydrogen-bond acceptors (Lipinski definition) is 7. The van der Waals surface area contributed by atoms with Gasteiger partial charge in [0.05, 0.1) is 12.8 Å². The number of aromatic nitrogens is 1. The molecular weight excluding hydrogens is 310 g/mol. The lowest BCUT2D eigenvalue weighted by Gasteiger charge is -2.12. The lowest BCUT2D eigenvalue weighted by atomic mass is 10.2. The van der Waals surface area contributed by atoms with Crippen molar-refractivity contribution in [3.63, 3.8) is 0 Å². The van der Waals surface area contributed by atoms with Gasteiger partial charge in [-0.2, -0.15) is 0 Å². The molecule has 2 aromatic rings. The first kappa shape index (κ1) is 15.3. The van der Waals surface area contributed by atoms with Gasteiger partial charge in [0.1, 0.15) is 5.76 Å². The smallest absolute Gasteiger partial charge is 0.231 e. The molecule has 0 amide bonds. The first-order valence-corrected chi connectivity index (χ1v) is 8.06. The van der Waals surface area contributed by atoms with Gasteiger partial charge in [0.25, 0.3) is 0 Å². The summed E-state index contributed by atoms with van der Waals surface area (Å²) in [4.78, 5) is 6.97. The maximum atomic E-state index is 5.97. The molecule has 7 nitrogen and oxygen atoms in total. The minimum absolute atomic E-state index is 0.195. The van der Waals surface area contributed by atoms with Gasteiger partial charge >= 0.3 is 0 Å². The SMILES string of the molecule is COc1cc(-c2nc(CN3CC[C@@H](N)C3)c(C)o2)cc2c1OCO2. The van der Waals surface area contributed by atoms with Crippen molar-refractivity contribution < 1.29 is 18.6 Å². The molecule has 1 aromatic heterocycles. The van der Waals surface area contributed by atoms with Crippen molar-refractivity contribution in [2.75, 3.05) is 27.0 Å². The third-order valence-corrected chi connectivity index (χ3v) is 4.48. The van der Waals surface area contributed by atoms with Crippen LogP contribution in [0.2, 0.25) is 0 Å². The molecule has 7 heteroatoms. The second-order valence-electron chi connectivity index (χ2n) is 6.22. The zero-order chi connectivity index (χ0) is 16.7. The van der Waals surface area contributed by atoms with Crippen LogP contribution in [-0.4, -0.2) is 42.9 Å². The maximum Gasteiger partial charge on any atom is 0.231 e. The number of ether oxygens (including phenoxy) is 3. The highest BCUT2D eigenvalue weighted by atomic mass is 16.7. The van der Waals surface area contributed by atoms with E-state index in [0.717, 1.165) is 43.1 Å². The van der Waals surface area contributed by atoms with Gasteiger partial charge in [0.2, 0.25) is 18.4 Å². The Balaban J connectivity index is 1.62. The first-order valence-electron chi connectivity index (χ1n) is 8.06. The van der Waals surface area contributed by atoms with E-state index in [9.17, 15) is 0 Å². The van der Waals surface area contributed by atoms with Crippen molar-refractivity contribution in [1.82, 2.24) is 9.88 Å². The zero-order valence-electron chi connectivity index (χ0n) is 13.9. The van der Waals surface area contributed by atoms with Crippen LogP contribution < -0.4 is 19.9 Å². The fourth-order valence-electron chi connectivity index (χ4n) is 3.17. The van der Waals surface area contributed by atoms with Crippen molar-refractivity contribution in [2.45, 2.75) is 25.9 Å². The molecule has 24 heavy (non-hydrogen) atoms. The van der Waals surface area contributed by atoms with Crippen LogP contribution in [0.15, 0.2) is 16.5 Å². The molecule has 1 atom stereocenters. The number of methoxy groups -OCH3 is 1. The molecule has 2 aliphatic rings. The van der Waals surface area contributed by atoms with Gasteiger partial charge in [-0.15, -0.1) is 0 Å². The van der Waals surface area contributed by atoms with E-state index in [-0.39, 0.29) is 12.8 Å². The Bertz CT molecular complexity index is 759. The summed E-state index contributed by atoms with van der Waals surface area (Å²) in [7, 11) is 1.60. The van der Waals surface area contributed by atoms with Gasteiger partial charge in [-0.05, 0) is 25.5 Å². The number of rotatable bonds is 4. The molecule has 3 heterocycles. The molecule has 1 fully saturated rings. The number of nitrogens with zero attached hydrogens (tertiary/aromatic N) is 2. The van der Waals surface area contributed by atoms with Gasteiger partial charge in [-0.3, -0.25) is 4.90 Å². The molecule has 128 valence electrons.